The van der Waals surface area contributed by atoms with Gasteiger partial charge in [-0.3, -0.25) is 0 Å². The van der Waals surface area contributed by atoms with Gasteiger partial charge in [0.05, 0.1) is 5.60 Å². The van der Waals surface area contributed by atoms with Crippen molar-refractivity contribution in [2.45, 2.75) is 59.5 Å². The molecule has 0 aliphatic heterocycles. The molecule has 2 rings (SSSR count). The van der Waals surface area contributed by atoms with Gasteiger partial charge < -0.3 is 5.11 Å². The summed E-state index contributed by atoms with van der Waals surface area (Å²) in [5, 5.41) is 10.5. The minimum absolute atomic E-state index is 0.157. The van der Waals surface area contributed by atoms with Crippen molar-refractivity contribution in [1.29, 1.82) is 0 Å². The largest absolute Gasteiger partial charge is 0.390 e. The Labute approximate surface area is 87.9 Å². The van der Waals surface area contributed by atoms with Crippen LogP contribution in [-0.2, 0) is 0 Å². The molecule has 0 heterocycles. The quantitative estimate of drug-likeness (QED) is 0.682. The summed E-state index contributed by atoms with van der Waals surface area (Å²) in [4.78, 5) is 0. The third-order valence-corrected chi connectivity index (χ3v) is 5.63. The molecule has 82 valence electrons. The molecule has 2 bridgehead atoms. The second kappa shape index (κ2) is 2.55. The Kier molecular flexibility index (Phi) is 1.91. The van der Waals surface area contributed by atoms with E-state index in [2.05, 4.69) is 20.8 Å². The van der Waals surface area contributed by atoms with E-state index in [-0.39, 0.29) is 5.41 Å². The van der Waals surface area contributed by atoms with Crippen LogP contribution in [0.15, 0.2) is 0 Å². The molecule has 3 atom stereocenters. The van der Waals surface area contributed by atoms with Crippen LogP contribution in [0.5, 0.6) is 0 Å². The van der Waals surface area contributed by atoms with Crippen LogP contribution in [-0.4, -0.2) is 10.7 Å². The molecule has 3 unspecified atom stereocenters. The maximum Gasteiger partial charge on any atom is 0.0655 e. The van der Waals surface area contributed by atoms with E-state index in [9.17, 15) is 5.11 Å². The normalized spacial score (nSPS) is 45.9. The monoisotopic (exact) mass is 196 g/mol. The Morgan fingerprint density at radius 2 is 1.86 bits per heavy atom. The second-order valence-corrected chi connectivity index (χ2v) is 6.62. The molecule has 14 heavy (non-hydrogen) atoms. The molecule has 0 aromatic heterocycles. The lowest BCUT2D eigenvalue weighted by Gasteiger charge is -2.50. The van der Waals surface area contributed by atoms with E-state index in [0.29, 0.717) is 11.3 Å². The summed E-state index contributed by atoms with van der Waals surface area (Å²) in [6, 6.07) is 0. The molecule has 1 N–H and O–H groups in total. The lowest BCUT2D eigenvalue weighted by Crippen LogP contribution is -2.51. The first-order valence-corrected chi connectivity index (χ1v) is 5.96. The van der Waals surface area contributed by atoms with Crippen LogP contribution in [0.25, 0.3) is 0 Å². The first-order chi connectivity index (χ1) is 6.23. The van der Waals surface area contributed by atoms with Gasteiger partial charge in [-0.25, -0.2) is 0 Å². The zero-order valence-corrected chi connectivity index (χ0v) is 10.2. The summed E-state index contributed by atoms with van der Waals surface area (Å²) in [6.07, 6.45) is 3.85. The van der Waals surface area contributed by atoms with E-state index in [4.69, 9.17) is 0 Å². The predicted molar refractivity (Wildman–Crippen MR) is 59.0 cm³/mol. The first kappa shape index (κ1) is 10.5. The summed E-state index contributed by atoms with van der Waals surface area (Å²) in [5.41, 5.74) is -0.0451. The summed E-state index contributed by atoms with van der Waals surface area (Å²) < 4.78 is 0. The van der Waals surface area contributed by atoms with Gasteiger partial charge in [0, 0.05) is 5.41 Å². The Hall–Kier alpha value is -0.0400. The Morgan fingerprint density at radius 1 is 1.29 bits per heavy atom. The Morgan fingerprint density at radius 3 is 2.07 bits per heavy atom. The Bertz CT molecular complexity index is 248. The maximum absolute atomic E-state index is 10.5. The molecule has 0 spiro atoms. The van der Waals surface area contributed by atoms with Crippen molar-refractivity contribution in [2.24, 2.45) is 22.7 Å². The molecule has 1 heteroatoms. The number of aliphatic hydroxyl groups is 1. The molecular formula is C13H24O. The topological polar surface area (TPSA) is 20.2 Å². The molecule has 0 amide bonds. The van der Waals surface area contributed by atoms with Gasteiger partial charge in [0.15, 0.2) is 0 Å². The van der Waals surface area contributed by atoms with Crippen molar-refractivity contribution in [3.8, 4) is 0 Å². The zero-order valence-electron chi connectivity index (χ0n) is 10.2. The van der Waals surface area contributed by atoms with Gasteiger partial charge >= 0.3 is 0 Å². The van der Waals surface area contributed by atoms with Crippen molar-refractivity contribution in [3.05, 3.63) is 0 Å². The second-order valence-electron chi connectivity index (χ2n) is 6.62. The molecule has 2 saturated carbocycles. The zero-order chi connectivity index (χ0) is 10.8. The molecule has 2 aliphatic rings. The van der Waals surface area contributed by atoms with Gasteiger partial charge in [-0.05, 0) is 50.4 Å². The van der Waals surface area contributed by atoms with E-state index in [1.807, 2.05) is 13.8 Å². The average molecular weight is 196 g/mol. The third kappa shape index (κ3) is 0.900. The lowest BCUT2D eigenvalue weighted by atomic mass is 9.57. The molecule has 0 aromatic carbocycles. The van der Waals surface area contributed by atoms with Gasteiger partial charge in [-0.2, -0.15) is 0 Å². The van der Waals surface area contributed by atoms with E-state index in [0.717, 1.165) is 5.92 Å². The van der Waals surface area contributed by atoms with E-state index in [1.165, 1.54) is 19.3 Å². The van der Waals surface area contributed by atoms with Gasteiger partial charge in [-0.1, -0.05) is 20.8 Å². The van der Waals surface area contributed by atoms with Crippen LogP contribution < -0.4 is 0 Å². The fourth-order valence-corrected chi connectivity index (χ4v) is 5.07. The van der Waals surface area contributed by atoms with Gasteiger partial charge in [0.2, 0.25) is 0 Å². The summed E-state index contributed by atoms with van der Waals surface area (Å²) in [6.45, 7) is 11.1. The molecule has 0 saturated heterocycles. The highest BCUT2D eigenvalue weighted by molar-refractivity contribution is 5.16. The lowest BCUT2D eigenvalue weighted by molar-refractivity contribution is -0.121. The highest BCUT2D eigenvalue weighted by Gasteiger charge is 2.67. The highest BCUT2D eigenvalue weighted by atomic mass is 16.3. The van der Waals surface area contributed by atoms with Gasteiger partial charge in [0.25, 0.3) is 0 Å². The predicted octanol–water partition coefficient (Wildman–Crippen LogP) is 3.22. The van der Waals surface area contributed by atoms with Crippen LogP contribution in [0.3, 0.4) is 0 Å². The van der Waals surface area contributed by atoms with Gasteiger partial charge in [-0.15, -0.1) is 0 Å². The van der Waals surface area contributed by atoms with Gasteiger partial charge in [0.1, 0.15) is 0 Å². The maximum atomic E-state index is 10.5. The van der Waals surface area contributed by atoms with E-state index >= 15 is 0 Å². The van der Waals surface area contributed by atoms with Crippen LogP contribution >= 0.6 is 0 Å². The number of fused-ring (bicyclic) bond motifs is 2. The number of hydrogen-bond acceptors (Lipinski definition) is 1. The minimum atomic E-state index is -0.527. The van der Waals surface area contributed by atoms with E-state index in [1.54, 1.807) is 0 Å². The minimum Gasteiger partial charge on any atom is -0.390 e. The average Bonchev–Trinajstić information content (AvgIpc) is 2.34. The molecule has 2 fully saturated rings. The molecule has 2 aliphatic carbocycles. The van der Waals surface area contributed by atoms with E-state index < -0.39 is 5.60 Å². The summed E-state index contributed by atoms with van der Waals surface area (Å²) in [7, 11) is 0. The standard InChI is InChI=1S/C13H24O/c1-9-8-10-6-7-13(9,11(10,2)3)12(4,5)14/h9-10,14H,6-8H2,1-5H3. The number of rotatable bonds is 1. The first-order valence-electron chi connectivity index (χ1n) is 5.96. The van der Waals surface area contributed by atoms with Crippen molar-refractivity contribution in [1.82, 2.24) is 0 Å². The van der Waals surface area contributed by atoms with Crippen LogP contribution in [0, 0.1) is 22.7 Å². The van der Waals surface area contributed by atoms with Crippen LogP contribution in [0.4, 0.5) is 0 Å². The van der Waals surface area contributed by atoms with Crippen LogP contribution in [0.2, 0.25) is 0 Å². The fourth-order valence-electron chi connectivity index (χ4n) is 5.07. The fraction of sp³-hybridized carbons (Fsp3) is 1.00. The van der Waals surface area contributed by atoms with Crippen molar-refractivity contribution < 1.29 is 5.11 Å². The summed E-state index contributed by atoms with van der Waals surface area (Å²) >= 11 is 0. The van der Waals surface area contributed by atoms with Crippen molar-refractivity contribution in [3.63, 3.8) is 0 Å². The van der Waals surface area contributed by atoms with Crippen molar-refractivity contribution in [2.75, 3.05) is 0 Å². The third-order valence-electron chi connectivity index (χ3n) is 5.63. The Balaban J connectivity index is 2.50. The molecule has 1 nitrogen and oxygen atoms in total. The molecular weight excluding hydrogens is 172 g/mol. The number of hydrogen-bond donors (Lipinski definition) is 1. The molecule has 0 radical (unpaired) electrons. The highest BCUT2D eigenvalue weighted by Crippen LogP contribution is 2.71. The molecule has 0 aromatic rings. The van der Waals surface area contributed by atoms with Crippen molar-refractivity contribution >= 4 is 0 Å². The van der Waals surface area contributed by atoms with Crippen LogP contribution in [0.1, 0.15) is 53.9 Å². The summed E-state index contributed by atoms with van der Waals surface area (Å²) in [5.74, 6) is 1.51. The SMILES string of the molecule is CC1CC2CCC1(C(C)(C)O)C2(C)C. The smallest absolute Gasteiger partial charge is 0.0655 e.